The van der Waals surface area contributed by atoms with Gasteiger partial charge in [-0.15, -0.1) is 0 Å². The highest BCUT2D eigenvalue weighted by atomic mass is 32.1. The summed E-state index contributed by atoms with van der Waals surface area (Å²) in [6, 6.07) is 9.35. The van der Waals surface area contributed by atoms with Gasteiger partial charge in [0.05, 0.1) is 12.8 Å². The van der Waals surface area contributed by atoms with E-state index in [9.17, 15) is 9.18 Å². The zero-order valence-electron chi connectivity index (χ0n) is 14.4. The van der Waals surface area contributed by atoms with Crippen LogP contribution >= 0.6 is 11.3 Å². The molecule has 4 rings (SSSR count). The van der Waals surface area contributed by atoms with E-state index in [0.29, 0.717) is 16.5 Å². The van der Waals surface area contributed by atoms with Crippen molar-refractivity contribution in [3.05, 3.63) is 60.0 Å². The SMILES string of the molecule is COC(=O)c1ncc(C)nc1-c1ccc2cc(Oc3ccc(F)o3)sc2c1. The zero-order valence-corrected chi connectivity index (χ0v) is 15.2. The summed E-state index contributed by atoms with van der Waals surface area (Å²) in [5, 5.41) is 1.49. The second-order valence-electron chi connectivity index (χ2n) is 5.68. The first-order chi connectivity index (χ1) is 13.0. The summed E-state index contributed by atoms with van der Waals surface area (Å²) < 4.78 is 29.0. The maximum Gasteiger partial charge on any atom is 0.358 e. The third kappa shape index (κ3) is 3.39. The van der Waals surface area contributed by atoms with Gasteiger partial charge in [-0.3, -0.25) is 0 Å². The highest BCUT2D eigenvalue weighted by Crippen LogP contribution is 2.37. The van der Waals surface area contributed by atoms with Gasteiger partial charge in [-0.25, -0.2) is 14.8 Å². The molecule has 0 saturated carbocycles. The molecule has 27 heavy (non-hydrogen) atoms. The van der Waals surface area contributed by atoms with E-state index in [0.717, 1.165) is 15.6 Å². The fourth-order valence-electron chi connectivity index (χ4n) is 2.58. The predicted octanol–water partition coefficient (Wildman–Crippen LogP) is 4.98. The molecule has 3 heterocycles. The summed E-state index contributed by atoms with van der Waals surface area (Å²) in [7, 11) is 1.30. The van der Waals surface area contributed by atoms with Crippen LogP contribution in [0, 0.1) is 12.9 Å². The third-order valence-corrected chi connectivity index (χ3v) is 4.77. The molecule has 0 unspecified atom stereocenters. The number of fused-ring (bicyclic) bond motifs is 1. The first-order valence-corrected chi connectivity index (χ1v) is 8.74. The van der Waals surface area contributed by atoms with E-state index in [-0.39, 0.29) is 11.6 Å². The number of methoxy groups -OCH3 is 1. The molecular formula is C19H13FN2O4S. The van der Waals surface area contributed by atoms with Gasteiger partial charge in [0, 0.05) is 34.7 Å². The van der Waals surface area contributed by atoms with Crippen LogP contribution in [0.3, 0.4) is 0 Å². The van der Waals surface area contributed by atoms with Crippen LogP contribution in [0.15, 0.2) is 47.0 Å². The Kier molecular flexibility index (Phi) is 4.33. The number of hydrogen-bond donors (Lipinski definition) is 0. The average Bonchev–Trinajstić information content (AvgIpc) is 3.25. The van der Waals surface area contributed by atoms with E-state index in [1.165, 1.54) is 36.8 Å². The Morgan fingerprint density at radius 2 is 2.07 bits per heavy atom. The third-order valence-electron chi connectivity index (χ3n) is 3.79. The molecule has 0 N–H and O–H groups in total. The summed E-state index contributed by atoms with van der Waals surface area (Å²) in [5.74, 6) is -0.468. The minimum absolute atomic E-state index is 0.0804. The number of carbonyl (C=O) groups is 1. The second kappa shape index (κ2) is 6.81. The largest absolute Gasteiger partial charge is 0.464 e. The number of carbonyl (C=O) groups excluding carboxylic acids is 1. The lowest BCUT2D eigenvalue weighted by Crippen LogP contribution is -2.08. The molecule has 0 fully saturated rings. The molecule has 1 aromatic carbocycles. The van der Waals surface area contributed by atoms with Gasteiger partial charge in [0.25, 0.3) is 12.0 Å². The van der Waals surface area contributed by atoms with Crippen molar-refractivity contribution in [3.8, 4) is 22.3 Å². The summed E-state index contributed by atoms with van der Waals surface area (Å²) in [4.78, 5) is 20.6. The van der Waals surface area contributed by atoms with Crippen molar-refractivity contribution in [1.82, 2.24) is 9.97 Å². The molecule has 0 aliphatic heterocycles. The predicted molar refractivity (Wildman–Crippen MR) is 97.7 cm³/mol. The number of rotatable bonds is 4. The Morgan fingerprint density at radius 3 is 2.81 bits per heavy atom. The molecule has 0 bridgehead atoms. The van der Waals surface area contributed by atoms with Crippen LogP contribution in [0.4, 0.5) is 4.39 Å². The number of halogens is 1. The minimum Gasteiger partial charge on any atom is -0.464 e. The van der Waals surface area contributed by atoms with Crippen LogP contribution in [0.5, 0.6) is 11.0 Å². The van der Waals surface area contributed by atoms with E-state index < -0.39 is 12.0 Å². The van der Waals surface area contributed by atoms with Crippen molar-refractivity contribution < 1.29 is 23.1 Å². The molecule has 0 aliphatic carbocycles. The summed E-state index contributed by atoms with van der Waals surface area (Å²) >= 11 is 1.37. The molecule has 6 nitrogen and oxygen atoms in total. The Hall–Kier alpha value is -3.26. The molecule has 0 radical (unpaired) electrons. The molecule has 0 amide bonds. The molecule has 0 saturated heterocycles. The molecule has 0 atom stereocenters. The van der Waals surface area contributed by atoms with E-state index in [4.69, 9.17) is 13.9 Å². The van der Waals surface area contributed by atoms with Gasteiger partial charge >= 0.3 is 5.97 Å². The molecular weight excluding hydrogens is 371 g/mol. The fourth-order valence-corrected chi connectivity index (χ4v) is 3.54. The van der Waals surface area contributed by atoms with Crippen LogP contribution in [0.1, 0.15) is 16.2 Å². The molecule has 0 aliphatic rings. The van der Waals surface area contributed by atoms with Crippen LogP contribution in [-0.4, -0.2) is 23.0 Å². The Labute approximate surface area is 157 Å². The Bertz CT molecular complexity index is 1150. The maximum absolute atomic E-state index is 12.9. The number of thiophene rings is 1. The number of esters is 1. The topological polar surface area (TPSA) is 74.5 Å². The van der Waals surface area contributed by atoms with E-state index in [1.807, 2.05) is 24.3 Å². The quantitative estimate of drug-likeness (QED) is 0.462. The normalized spacial score (nSPS) is 10.9. The second-order valence-corrected chi connectivity index (χ2v) is 6.73. The van der Waals surface area contributed by atoms with Gasteiger partial charge in [0.1, 0.15) is 5.69 Å². The smallest absolute Gasteiger partial charge is 0.358 e. The zero-order chi connectivity index (χ0) is 19.0. The van der Waals surface area contributed by atoms with Gasteiger partial charge in [0.2, 0.25) is 0 Å². The van der Waals surface area contributed by atoms with Gasteiger partial charge in [0.15, 0.2) is 10.8 Å². The number of aryl methyl sites for hydroxylation is 1. The van der Waals surface area contributed by atoms with Gasteiger partial charge in [-0.2, -0.15) is 4.39 Å². The summed E-state index contributed by atoms with van der Waals surface area (Å²) in [6.45, 7) is 1.80. The fraction of sp³-hybridized carbons (Fsp3) is 0.105. The van der Waals surface area contributed by atoms with Crippen LogP contribution in [0.25, 0.3) is 21.3 Å². The number of hydrogen-bond acceptors (Lipinski definition) is 7. The number of furan rings is 1. The van der Waals surface area contributed by atoms with Gasteiger partial charge < -0.3 is 13.9 Å². The number of benzene rings is 1. The molecule has 3 aromatic heterocycles. The highest BCUT2D eigenvalue weighted by molar-refractivity contribution is 7.20. The lowest BCUT2D eigenvalue weighted by atomic mass is 10.1. The molecule has 0 spiro atoms. The van der Waals surface area contributed by atoms with Crippen molar-refractivity contribution in [1.29, 1.82) is 0 Å². The Morgan fingerprint density at radius 1 is 1.22 bits per heavy atom. The number of aromatic nitrogens is 2. The lowest BCUT2D eigenvalue weighted by molar-refractivity contribution is 0.0594. The van der Waals surface area contributed by atoms with E-state index in [1.54, 1.807) is 6.92 Å². The Balaban J connectivity index is 1.74. The average molecular weight is 384 g/mol. The van der Waals surface area contributed by atoms with Gasteiger partial charge in [-0.05, 0) is 18.4 Å². The standard InChI is InChI=1S/C19H13FN2O4S/c1-10-9-21-18(19(23)24-2)17(22-10)12-4-3-11-8-16(27-13(11)7-12)26-15-6-5-14(20)25-15/h3-9H,1-2H3. The van der Waals surface area contributed by atoms with Gasteiger partial charge in [-0.1, -0.05) is 23.5 Å². The monoisotopic (exact) mass is 384 g/mol. The molecule has 136 valence electrons. The summed E-state index contributed by atoms with van der Waals surface area (Å²) in [6.07, 6.45) is 1.52. The maximum atomic E-state index is 12.9. The minimum atomic E-state index is -0.707. The summed E-state index contributed by atoms with van der Waals surface area (Å²) in [5.41, 5.74) is 2.03. The van der Waals surface area contributed by atoms with Crippen LogP contribution in [-0.2, 0) is 4.74 Å². The van der Waals surface area contributed by atoms with Crippen LogP contribution < -0.4 is 4.74 Å². The number of nitrogens with zero attached hydrogens (tertiary/aromatic N) is 2. The molecule has 4 aromatic rings. The van der Waals surface area contributed by atoms with Crippen molar-refractivity contribution in [2.24, 2.45) is 0 Å². The first kappa shape index (κ1) is 17.2. The highest BCUT2D eigenvalue weighted by Gasteiger charge is 2.18. The number of ether oxygens (including phenoxy) is 2. The van der Waals surface area contributed by atoms with E-state index in [2.05, 4.69) is 9.97 Å². The first-order valence-electron chi connectivity index (χ1n) is 7.92. The van der Waals surface area contributed by atoms with E-state index >= 15 is 0 Å². The van der Waals surface area contributed by atoms with Crippen LogP contribution in [0.2, 0.25) is 0 Å². The van der Waals surface area contributed by atoms with Crippen molar-refractivity contribution in [3.63, 3.8) is 0 Å². The van der Waals surface area contributed by atoms with Crippen molar-refractivity contribution in [2.45, 2.75) is 6.92 Å². The van der Waals surface area contributed by atoms with Crippen molar-refractivity contribution in [2.75, 3.05) is 7.11 Å². The van der Waals surface area contributed by atoms with Crippen molar-refractivity contribution >= 4 is 27.4 Å². The lowest BCUT2D eigenvalue weighted by Gasteiger charge is -2.07. The molecule has 8 heteroatoms.